The molecule has 6 heteroatoms. The smallest absolute Gasteiger partial charge is 0.191 e. The molecule has 6 nitrogen and oxygen atoms in total. The quantitative estimate of drug-likeness (QED) is 0.410. The lowest BCUT2D eigenvalue weighted by molar-refractivity contribution is -0.171. The Labute approximate surface area is 157 Å². The van der Waals surface area contributed by atoms with Crippen LogP contribution in [0, 0.1) is 17.3 Å². The fraction of sp³-hybridized carbons (Fsp3) is 0.950. The molecular formula is C20H35N3O3. The number of nitrogens with one attached hydrogen (secondary N) is 2. The van der Waals surface area contributed by atoms with Gasteiger partial charge in [-0.05, 0) is 44.4 Å². The fourth-order valence-corrected chi connectivity index (χ4v) is 5.34. The second-order valence-electron chi connectivity index (χ2n) is 8.44. The number of nitrogens with zero attached hydrogens (tertiary/aromatic N) is 1. The topological polar surface area (TPSA) is 64.1 Å². The van der Waals surface area contributed by atoms with Gasteiger partial charge in [-0.25, -0.2) is 0 Å². The lowest BCUT2D eigenvalue weighted by atomic mass is 9.46. The molecule has 0 radical (unpaired) electrons. The van der Waals surface area contributed by atoms with Crippen LogP contribution in [0.1, 0.15) is 44.9 Å². The van der Waals surface area contributed by atoms with Crippen molar-refractivity contribution in [3.8, 4) is 0 Å². The van der Waals surface area contributed by atoms with E-state index >= 15 is 0 Å². The minimum absolute atomic E-state index is 0.394. The first-order chi connectivity index (χ1) is 12.8. The van der Waals surface area contributed by atoms with Crippen molar-refractivity contribution in [3.05, 3.63) is 0 Å². The van der Waals surface area contributed by atoms with E-state index in [0.717, 1.165) is 64.8 Å². The van der Waals surface area contributed by atoms with Crippen LogP contribution >= 0.6 is 0 Å². The summed E-state index contributed by atoms with van der Waals surface area (Å²) in [5, 5.41) is 7.19. The Hall–Kier alpha value is -0.850. The van der Waals surface area contributed by atoms with Crippen molar-refractivity contribution in [2.24, 2.45) is 22.2 Å². The van der Waals surface area contributed by atoms with Crippen LogP contribution < -0.4 is 10.6 Å². The van der Waals surface area contributed by atoms with E-state index in [0.29, 0.717) is 29.4 Å². The zero-order valence-electron chi connectivity index (χ0n) is 16.2. The predicted octanol–water partition coefficient (Wildman–Crippen LogP) is 1.94. The molecule has 2 aliphatic heterocycles. The predicted molar refractivity (Wildman–Crippen MR) is 101 cm³/mol. The van der Waals surface area contributed by atoms with E-state index in [9.17, 15) is 0 Å². The number of ether oxygens (including phenoxy) is 3. The number of guanidine groups is 1. The fourth-order valence-electron chi connectivity index (χ4n) is 5.34. The third-order valence-corrected chi connectivity index (χ3v) is 7.00. The van der Waals surface area contributed by atoms with Gasteiger partial charge < -0.3 is 24.8 Å². The van der Waals surface area contributed by atoms with Crippen LogP contribution in [0.4, 0.5) is 0 Å². The Balaban J connectivity index is 1.13. The van der Waals surface area contributed by atoms with E-state index in [4.69, 9.17) is 14.2 Å². The van der Waals surface area contributed by atoms with Crippen LogP contribution in [-0.2, 0) is 14.2 Å². The molecule has 2 N–H and O–H groups in total. The van der Waals surface area contributed by atoms with Gasteiger partial charge in [0.25, 0.3) is 0 Å². The lowest BCUT2D eigenvalue weighted by Crippen LogP contribution is -2.72. The van der Waals surface area contributed by atoms with Crippen molar-refractivity contribution in [2.45, 2.75) is 57.1 Å². The Bertz CT molecular complexity index is 489. The summed E-state index contributed by atoms with van der Waals surface area (Å²) in [4.78, 5) is 4.44. The second kappa shape index (κ2) is 8.44. The molecule has 4 aliphatic rings. The monoisotopic (exact) mass is 365 g/mol. The van der Waals surface area contributed by atoms with Gasteiger partial charge >= 0.3 is 0 Å². The van der Waals surface area contributed by atoms with E-state index in [-0.39, 0.29) is 0 Å². The maximum absolute atomic E-state index is 6.01. The van der Waals surface area contributed by atoms with Gasteiger partial charge in [0, 0.05) is 64.0 Å². The molecule has 0 aromatic carbocycles. The van der Waals surface area contributed by atoms with Crippen molar-refractivity contribution in [1.82, 2.24) is 10.6 Å². The molecule has 0 aromatic heterocycles. The first-order valence-electron chi connectivity index (χ1n) is 10.6. The van der Waals surface area contributed by atoms with Crippen molar-refractivity contribution < 1.29 is 14.2 Å². The van der Waals surface area contributed by atoms with Crippen LogP contribution in [0.25, 0.3) is 0 Å². The lowest BCUT2D eigenvalue weighted by Gasteiger charge is -2.63. The number of rotatable bonds is 7. The largest absolute Gasteiger partial charge is 0.381 e. The van der Waals surface area contributed by atoms with E-state index in [1.807, 2.05) is 7.05 Å². The summed E-state index contributed by atoms with van der Waals surface area (Å²) in [5.74, 6) is 2.30. The standard InChI is InChI=1S/C20H35N3O3/c1-21-19(22-9-3-10-25-14-15-4-11-24-12-5-15)23-17-16-6-13-26-18(16)20(17)7-2-8-20/h15-18H,2-14H2,1H3,(H2,21,22,23). The normalized spacial score (nSPS) is 33.4. The van der Waals surface area contributed by atoms with Crippen molar-refractivity contribution >= 4 is 5.96 Å². The molecule has 2 saturated carbocycles. The van der Waals surface area contributed by atoms with E-state index in [1.165, 1.54) is 25.7 Å². The summed E-state index contributed by atoms with van der Waals surface area (Å²) in [7, 11) is 1.87. The van der Waals surface area contributed by atoms with E-state index in [2.05, 4.69) is 15.6 Å². The molecule has 4 rings (SSSR count). The van der Waals surface area contributed by atoms with E-state index in [1.54, 1.807) is 0 Å². The third kappa shape index (κ3) is 3.60. The molecule has 148 valence electrons. The zero-order chi connectivity index (χ0) is 17.8. The average Bonchev–Trinajstić information content (AvgIpc) is 3.05. The maximum Gasteiger partial charge on any atom is 0.191 e. The highest BCUT2D eigenvalue weighted by Gasteiger charge is 2.66. The molecule has 3 unspecified atom stereocenters. The molecule has 0 aromatic rings. The molecule has 3 atom stereocenters. The molecular weight excluding hydrogens is 330 g/mol. The van der Waals surface area contributed by atoms with Gasteiger partial charge in [0.15, 0.2) is 5.96 Å². The number of hydrogen-bond acceptors (Lipinski definition) is 4. The summed E-state index contributed by atoms with van der Waals surface area (Å²) >= 11 is 0. The average molecular weight is 366 g/mol. The highest BCUT2D eigenvalue weighted by Crippen LogP contribution is 2.62. The van der Waals surface area contributed by atoms with Crippen LogP contribution in [0.2, 0.25) is 0 Å². The molecule has 4 fully saturated rings. The molecule has 0 bridgehead atoms. The first-order valence-corrected chi connectivity index (χ1v) is 10.6. The SMILES string of the molecule is CN=C(NCCCOCC1CCOCC1)NC1C2CCOC2C12CCC2. The van der Waals surface area contributed by atoms with Crippen LogP contribution in [0.15, 0.2) is 4.99 Å². The second-order valence-corrected chi connectivity index (χ2v) is 8.44. The minimum Gasteiger partial charge on any atom is -0.381 e. The van der Waals surface area contributed by atoms with Gasteiger partial charge in [-0.15, -0.1) is 0 Å². The Morgan fingerprint density at radius 3 is 2.77 bits per heavy atom. The highest BCUT2D eigenvalue weighted by molar-refractivity contribution is 5.80. The van der Waals surface area contributed by atoms with Gasteiger partial charge in [-0.1, -0.05) is 6.42 Å². The summed E-state index contributed by atoms with van der Waals surface area (Å²) in [6.45, 7) is 5.32. The molecule has 26 heavy (non-hydrogen) atoms. The molecule has 1 spiro atoms. The van der Waals surface area contributed by atoms with Crippen LogP contribution in [0.3, 0.4) is 0 Å². The number of aliphatic imine (C=N–C) groups is 1. The molecule has 2 saturated heterocycles. The van der Waals surface area contributed by atoms with Crippen LogP contribution in [0.5, 0.6) is 0 Å². The maximum atomic E-state index is 6.01. The summed E-state index contributed by atoms with van der Waals surface area (Å²) in [5.41, 5.74) is 0.394. The van der Waals surface area contributed by atoms with Crippen molar-refractivity contribution in [3.63, 3.8) is 0 Å². The summed E-state index contributed by atoms with van der Waals surface area (Å²) in [6, 6.07) is 0.541. The van der Waals surface area contributed by atoms with Gasteiger partial charge in [0.2, 0.25) is 0 Å². The van der Waals surface area contributed by atoms with Crippen molar-refractivity contribution in [2.75, 3.05) is 46.6 Å². The van der Waals surface area contributed by atoms with E-state index < -0.39 is 0 Å². The van der Waals surface area contributed by atoms with Crippen molar-refractivity contribution in [1.29, 1.82) is 0 Å². The van der Waals surface area contributed by atoms with Gasteiger partial charge in [0.1, 0.15) is 0 Å². The third-order valence-electron chi connectivity index (χ3n) is 7.00. The Morgan fingerprint density at radius 2 is 2.04 bits per heavy atom. The Morgan fingerprint density at radius 1 is 1.19 bits per heavy atom. The highest BCUT2D eigenvalue weighted by atomic mass is 16.5. The van der Waals surface area contributed by atoms with Gasteiger partial charge in [-0.3, -0.25) is 4.99 Å². The number of hydrogen-bond donors (Lipinski definition) is 2. The molecule has 2 aliphatic carbocycles. The van der Waals surface area contributed by atoms with Gasteiger partial charge in [0.05, 0.1) is 6.10 Å². The minimum atomic E-state index is 0.394. The first kappa shape index (κ1) is 18.5. The van der Waals surface area contributed by atoms with Gasteiger partial charge in [-0.2, -0.15) is 0 Å². The summed E-state index contributed by atoms with van der Waals surface area (Å²) in [6.07, 6.45) is 8.96. The molecule has 2 heterocycles. The number of fused-ring (bicyclic) bond motifs is 2. The molecule has 0 amide bonds. The zero-order valence-corrected chi connectivity index (χ0v) is 16.2. The van der Waals surface area contributed by atoms with Crippen LogP contribution in [-0.4, -0.2) is 64.7 Å². The Kier molecular flexibility index (Phi) is 6.01. The summed E-state index contributed by atoms with van der Waals surface area (Å²) < 4.78 is 17.2.